The molecule has 0 spiro atoms. The lowest BCUT2D eigenvalue weighted by atomic mass is 9.97. The molecule has 1 fully saturated rings. The van der Waals surface area contributed by atoms with Crippen molar-refractivity contribution in [2.24, 2.45) is 5.92 Å². The zero-order valence-electron chi connectivity index (χ0n) is 15.2. The van der Waals surface area contributed by atoms with Gasteiger partial charge in [0.2, 0.25) is 15.9 Å². The van der Waals surface area contributed by atoms with Gasteiger partial charge >= 0.3 is 0 Å². The standard InChI is InChI=1S/C18H23N3O3S2/c1-12-4-5-16(13(2)10-12)26(23,24)21-8-6-15(7-9-21)17(22)20-18-19-14(3)11-25-18/h4-5,10-11,15H,6-9H2,1-3H3,(H,19,20,22). The molecular weight excluding hydrogens is 370 g/mol. The number of aryl methyl sites for hydroxylation is 3. The summed E-state index contributed by atoms with van der Waals surface area (Å²) in [5.74, 6) is -0.271. The van der Waals surface area contributed by atoms with Gasteiger partial charge in [-0.2, -0.15) is 4.31 Å². The highest BCUT2D eigenvalue weighted by Crippen LogP contribution is 2.27. The monoisotopic (exact) mass is 393 g/mol. The van der Waals surface area contributed by atoms with Gasteiger partial charge in [0.15, 0.2) is 5.13 Å². The third-order valence-electron chi connectivity index (χ3n) is 4.62. The number of benzene rings is 1. The average Bonchev–Trinajstić information content (AvgIpc) is 2.99. The third kappa shape index (κ3) is 3.97. The predicted octanol–water partition coefficient (Wildman–Crippen LogP) is 3.11. The van der Waals surface area contributed by atoms with E-state index in [-0.39, 0.29) is 11.8 Å². The lowest BCUT2D eigenvalue weighted by molar-refractivity contribution is -0.120. The zero-order valence-corrected chi connectivity index (χ0v) is 16.8. The molecule has 0 saturated carbocycles. The van der Waals surface area contributed by atoms with Crippen molar-refractivity contribution in [1.29, 1.82) is 0 Å². The van der Waals surface area contributed by atoms with Gasteiger partial charge in [0.1, 0.15) is 0 Å². The Morgan fingerprint density at radius 3 is 2.50 bits per heavy atom. The summed E-state index contributed by atoms with van der Waals surface area (Å²) in [6.45, 7) is 6.34. The number of nitrogens with zero attached hydrogens (tertiary/aromatic N) is 2. The van der Waals surface area contributed by atoms with E-state index in [4.69, 9.17) is 0 Å². The molecule has 1 aromatic carbocycles. The van der Waals surface area contributed by atoms with Crippen LogP contribution < -0.4 is 5.32 Å². The minimum atomic E-state index is -3.52. The molecule has 0 atom stereocenters. The van der Waals surface area contributed by atoms with Crippen molar-refractivity contribution < 1.29 is 13.2 Å². The Bertz CT molecular complexity index is 914. The summed E-state index contributed by atoms with van der Waals surface area (Å²) in [6.07, 6.45) is 1.03. The zero-order chi connectivity index (χ0) is 18.9. The van der Waals surface area contributed by atoms with Crippen LogP contribution in [0.1, 0.15) is 29.7 Å². The molecule has 2 heterocycles. The topological polar surface area (TPSA) is 79.4 Å². The molecule has 26 heavy (non-hydrogen) atoms. The summed E-state index contributed by atoms with van der Waals surface area (Å²) in [6, 6.07) is 5.36. The normalized spacial score (nSPS) is 16.6. The first-order chi connectivity index (χ1) is 12.3. The highest BCUT2D eigenvalue weighted by atomic mass is 32.2. The van der Waals surface area contributed by atoms with Crippen molar-refractivity contribution in [3.05, 3.63) is 40.4 Å². The van der Waals surface area contributed by atoms with Crippen LogP contribution in [0.15, 0.2) is 28.5 Å². The summed E-state index contributed by atoms with van der Waals surface area (Å²) in [7, 11) is -3.52. The van der Waals surface area contributed by atoms with E-state index in [1.54, 1.807) is 6.07 Å². The first-order valence-electron chi connectivity index (χ1n) is 8.58. The van der Waals surface area contributed by atoms with E-state index >= 15 is 0 Å². The van der Waals surface area contributed by atoms with Gasteiger partial charge in [0.25, 0.3) is 0 Å². The molecule has 1 N–H and O–H groups in total. The molecule has 6 nitrogen and oxygen atoms in total. The number of amides is 1. The number of rotatable bonds is 4. The minimum Gasteiger partial charge on any atom is -0.302 e. The number of sulfonamides is 1. The number of carbonyl (C=O) groups excluding carboxylic acids is 1. The Hall–Kier alpha value is -1.77. The fraction of sp³-hybridized carbons (Fsp3) is 0.444. The van der Waals surface area contributed by atoms with Gasteiger partial charge in [-0.25, -0.2) is 13.4 Å². The second-order valence-electron chi connectivity index (χ2n) is 6.73. The minimum absolute atomic E-state index is 0.0806. The van der Waals surface area contributed by atoms with Gasteiger partial charge in [-0.05, 0) is 45.2 Å². The summed E-state index contributed by atoms with van der Waals surface area (Å²) in [5, 5.41) is 5.31. The molecule has 1 aromatic heterocycles. The Labute approximate surface area is 158 Å². The molecule has 0 aliphatic carbocycles. The number of hydrogen-bond donors (Lipinski definition) is 1. The van der Waals surface area contributed by atoms with Crippen LogP contribution in [0.3, 0.4) is 0 Å². The molecule has 2 aromatic rings. The molecule has 1 saturated heterocycles. The van der Waals surface area contributed by atoms with Gasteiger partial charge in [-0.3, -0.25) is 4.79 Å². The largest absolute Gasteiger partial charge is 0.302 e. The molecule has 0 radical (unpaired) electrons. The van der Waals surface area contributed by atoms with Gasteiger partial charge < -0.3 is 5.32 Å². The summed E-state index contributed by atoms with van der Waals surface area (Å²) in [5.41, 5.74) is 2.66. The Morgan fingerprint density at radius 1 is 1.23 bits per heavy atom. The highest BCUT2D eigenvalue weighted by Gasteiger charge is 2.33. The van der Waals surface area contributed by atoms with Crippen molar-refractivity contribution in [3.63, 3.8) is 0 Å². The Balaban J connectivity index is 1.65. The SMILES string of the molecule is Cc1ccc(S(=O)(=O)N2CCC(C(=O)Nc3nc(C)cs3)CC2)c(C)c1. The van der Waals surface area contributed by atoms with Crippen LogP contribution in [-0.2, 0) is 14.8 Å². The van der Waals surface area contributed by atoms with Crippen LogP contribution in [0.5, 0.6) is 0 Å². The molecular formula is C18H23N3O3S2. The van der Waals surface area contributed by atoms with Crippen LogP contribution in [-0.4, -0.2) is 36.7 Å². The first kappa shape index (κ1) is 19.0. The lowest BCUT2D eigenvalue weighted by Crippen LogP contribution is -2.41. The number of piperidine rings is 1. The number of aromatic nitrogens is 1. The van der Waals surface area contributed by atoms with Crippen molar-refractivity contribution in [3.8, 4) is 0 Å². The van der Waals surface area contributed by atoms with E-state index in [0.717, 1.165) is 16.8 Å². The van der Waals surface area contributed by atoms with Crippen molar-refractivity contribution in [1.82, 2.24) is 9.29 Å². The molecule has 0 unspecified atom stereocenters. The summed E-state index contributed by atoms with van der Waals surface area (Å²) in [4.78, 5) is 17.0. The quantitative estimate of drug-likeness (QED) is 0.866. The maximum atomic E-state index is 12.9. The van der Waals surface area contributed by atoms with Gasteiger partial charge in [-0.1, -0.05) is 17.7 Å². The molecule has 1 aliphatic rings. The molecule has 3 rings (SSSR count). The summed E-state index contributed by atoms with van der Waals surface area (Å²) < 4.78 is 27.3. The summed E-state index contributed by atoms with van der Waals surface area (Å²) >= 11 is 1.40. The predicted molar refractivity (Wildman–Crippen MR) is 103 cm³/mol. The Morgan fingerprint density at radius 2 is 1.92 bits per heavy atom. The number of hydrogen-bond acceptors (Lipinski definition) is 5. The molecule has 0 bridgehead atoms. The smallest absolute Gasteiger partial charge is 0.243 e. The molecule has 1 aliphatic heterocycles. The van der Waals surface area contributed by atoms with Crippen molar-refractivity contribution >= 4 is 32.4 Å². The third-order valence-corrected chi connectivity index (χ3v) is 7.56. The number of carbonyl (C=O) groups is 1. The number of thiazole rings is 1. The second kappa shape index (κ2) is 7.46. The van der Waals surface area contributed by atoms with Gasteiger partial charge in [0, 0.05) is 24.4 Å². The Kier molecular flexibility index (Phi) is 5.45. The second-order valence-corrected chi connectivity index (χ2v) is 9.50. The first-order valence-corrected chi connectivity index (χ1v) is 10.9. The van der Waals surface area contributed by atoms with Gasteiger partial charge in [0.05, 0.1) is 10.6 Å². The van der Waals surface area contributed by atoms with Crippen LogP contribution >= 0.6 is 11.3 Å². The highest BCUT2D eigenvalue weighted by molar-refractivity contribution is 7.89. The maximum Gasteiger partial charge on any atom is 0.243 e. The van der Waals surface area contributed by atoms with E-state index in [1.165, 1.54) is 15.6 Å². The molecule has 8 heteroatoms. The van der Waals surface area contributed by atoms with E-state index in [2.05, 4.69) is 10.3 Å². The molecule has 1 amide bonds. The average molecular weight is 394 g/mol. The fourth-order valence-electron chi connectivity index (χ4n) is 3.21. The maximum absolute atomic E-state index is 12.9. The van der Waals surface area contributed by atoms with Crippen molar-refractivity contribution in [2.45, 2.75) is 38.5 Å². The fourth-order valence-corrected chi connectivity index (χ4v) is 5.57. The van der Waals surface area contributed by atoms with Crippen molar-refractivity contribution in [2.75, 3.05) is 18.4 Å². The van der Waals surface area contributed by atoms with Crippen LogP contribution in [0.4, 0.5) is 5.13 Å². The van der Waals surface area contributed by atoms with E-state index < -0.39 is 10.0 Å². The van der Waals surface area contributed by atoms with Gasteiger partial charge in [-0.15, -0.1) is 11.3 Å². The van der Waals surface area contributed by atoms with Crippen LogP contribution in [0.25, 0.3) is 0 Å². The number of nitrogens with one attached hydrogen (secondary N) is 1. The van der Waals surface area contributed by atoms with Crippen LogP contribution in [0, 0.1) is 26.7 Å². The van der Waals surface area contributed by atoms with E-state index in [9.17, 15) is 13.2 Å². The van der Waals surface area contributed by atoms with E-state index in [0.29, 0.717) is 36.0 Å². The molecule has 140 valence electrons. The number of anilines is 1. The van der Waals surface area contributed by atoms with E-state index in [1.807, 2.05) is 38.3 Å². The van der Waals surface area contributed by atoms with Crippen LogP contribution in [0.2, 0.25) is 0 Å². The lowest BCUT2D eigenvalue weighted by Gasteiger charge is -2.30.